The SMILES string of the molecule is CC.CCOC(=O)/C(F)=C1/CCN(Cc2ccccc2)CC1C. The molecule has 0 spiro atoms. The average Bonchev–Trinajstić information content (AvgIpc) is 2.57. The molecule has 0 aromatic heterocycles. The van der Waals surface area contributed by atoms with E-state index in [9.17, 15) is 9.18 Å². The predicted octanol–water partition coefficient (Wildman–Crippen LogP) is 4.34. The minimum atomic E-state index is -0.823. The molecular weight excluding hydrogens is 293 g/mol. The Bertz CT molecular complexity index is 513. The van der Waals surface area contributed by atoms with Crippen LogP contribution < -0.4 is 0 Å². The first kappa shape index (κ1) is 19.4. The summed E-state index contributed by atoms with van der Waals surface area (Å²) in [6.07, 6.45) is 0.582. The van der Waals surface area contributed by atoms with Gasteiger partial charge in [0.25, 0.3) is 0 Å². The van der Waals surface area contributed by atoms with E-state index in [0.29, 0.717) is 12.0 Å². The van der Waals surface area contributed by atoms with E-state index in [0.717, 1.165) is 19.6 Å². The van der Waals surface area contributed by atoms with E-state index in [1.807, 2.05) is 39.0 Å². The van der Waals surface area contributed by atoms with Gasteiger partial charge in [0.1, 0.15) is 0 Å². The minimum absolute atomic E-state index is 0.0341. The van der Waals surface area contributed by atoms with Gasteiger partial charge in [-0.1, -0.05) is 51.1 Å². The fourth-order valence-corrected chi connectivity index (χ4v) is 2.75. The van der Waals surface area contributed by atoms with Crippen molar-refractivity contribution in [3.8, 4) is 0 Å². The van der Waals surface area contributed by atoms with Crippen molar-refractivity contribution in [2.75, 3.05) is 19.7 Å². The molecule has 0 aliphatic carbocycles. The van der Waals surface area contributed by atoms with E-state index in [1.54, 1.807) is 6.92 Å². The van der Waals surface area contributed by atoms with Crippen molar-refractivity contribution in [1.29, 1.82) is 0 Å². The highest BCUT2D eigenvalue weighted by Crippen LogP contribution is 2.27. The summed E-state index contributed by atoms with van der Waals surface area (Å²) >= 11 is 0. The molecule has 1 aromatic carbocycles. The van der Waals surface area contributed by atoms with Crippen molar-refractivity contribution >= 4 is 5.97 Å². The van der Waals surface area contributed by atoms with Crippen LogP contribution in [-0.2, 0) is 16.1 Å². The largest absolute Gasteiger partial charge is 0.461 e. The summed E-state index contributed by atoms with van der Waals surface area (Å²) in [7, 11) is 0. The van der Waals surface area contributed by atoms with Gasteiger partial charge in [0, 0.05) is 19.6 Å². The van der Waals surface area contributed by atoms with Gasteiger partial charge in [0.15, 0.2) is 0 Å². The molecule has 0 bridgehead atoms. The molecule has 1 aliphatic rings. The van der Waals surface area contributed by atoms with Crippen LogP contribution in [0.1, 0.15) is 39.7 Å². The molecule has 1 aromatic rings. The first-order valence-corrected chi connectivity index (χ1v) is 8.43. The molecule has 1 unspecified atom stereocenters. The molecule has 1 fully saturated rings. The molecule has 0 saturated carbocycles. The van der Waals surface area contributed by atoms with E-state index < -0.39 is 11.8 Å². The van der Waals surface area contributed by atoms with Gasteiger partial charge < -0.3 is 4.74 Å². The Labute approximate surface area is 139 Å². The fraction of sp³-hybridized carbons (Fsp3) is 0.526. The Hall–Kier alpha value is -1.68. The molecular formula is C19H28FNO2. The smallest absolute Gasteiger partial charge is 0.367 e. The van der Waals surface area contributed by atoms with Crippen molar-refractivity contribution in [2.24, 2.45) is 5.92 Å². The zero-order chi connectivity index (χ0) is 17.2. The van der Waals surface area contributed by atoms with Crippen LogP contribution in [0.4, 0.5) is 4.39 Å². The highest BCUT2D eigenvalue weighted by atomic mass is 19.1. The number of hydrogen-bond donors (Lipinski definition) is 0. The van der Waals surface area contributed by atoms with Crippen molar-refractivity contribution < 1.29 is 13.9 Å². The number of ether oxygens (including phenoxy) is 1. The second-order valence-electron chi connectivity index (χ2n) is 5.43. The Morgan fingerprint density at radius 3 is 2.52 bits per heavy atom. The third-order valence-electron chi connectivity index (χ3n) is 3.81. The maximum absolute atomic E-state index is 14.1. The third kappa shape index (κ3) is 5.79. The van der Waals surface area contributed by atoms with Gasteiger partial charge in [0.05, 0.1) is 6.61 Å². The quantitative estimate of drug-likeness (QED) is 0.610. The van der Waals surface area contributed by atoms with E-state index in [1.165, 1.54) is 5.56 Å². The van der Waals surface area contributed by atoms with E-state index in [2.05, 4.69) is 17.0 Å². The first-order valence-electron chi connectivity index (χ1n) is 8.43. The Kier molecular flexibility index (Phi) is 8.56. The number of esters is 1. The van der Waals surface area contributed by atoms with Gasteiger partial charge in [0.2, 0.25) is 5.83 Å². The fourth-order valence-electron chi connectivity index (χ4n) is 2.75. The van der Waals surface area contributed by atoms with Crippen LogP contribution in [-0.4, -0.2) is 30.6 Å². The van der Waals surface area contributed by atoms with Crippen LogP contribution in [0.2, 0.25) is 0 Å². The lowest BCUT2D eigenvalue weighted by atomic mass is 9.92. The zero-order valence-electron chi connectivity index (χ0n) is 14.6. The normalized spacial score (nSPS) is 20.3. The summed E-state index contributed by atoms with van der Waals surface area (Å²) in [6.45, 7) is 10.2. The van der Waals surface area contributed by atoms with Gasteiger partial charge >= 0.3 is 5.97 Å². The molecule has 128 valence electrons. The zero-order valence-corrected chi connectivity index (χ0v) is 14.6. The topological polar surface area (TPSA) is 29.5 Å². The summed E-state index contributed by atoms with van der Waals surface area (Å²) in [6, 6.07) is 10.2. The monoisotopic (exact) mass is 321 g/mol. The summed E-state index contributed by atoms with van der Waals surface area (Å²) in [5, 5.41) is 0. The van der Waals surface area contributed by atoms with Crippen molar-refractivity contribution in [3.05, 3.63) is 47.3 Å². The van der Waals surface area contributed by atoms with Gasteiger partial charge in [-0.25, -0.2) is 4.79 Å². The molecule has 4 heteroatoms. The number of carbonyl (C=O) groups is 1. The number of benzene rings is 1. The lowest BCUT2D eigenvalue weighted by molar-refractivity contribution is -0.140. The van der Waals surface area contributed by atoms with Gasteiger partial charge in [-0.2, -0.15) is 4.39 Å². The molecule has 2 rings (SSSR count). The van der Waals surface area contributed by atoms with E-state index in [4.69, 9.17) is 4.74 Å². The van der Waals surface area contributed by atoms with Crippen LogP contribution in [0, 0.1) is 5.92 Å². The molecule has 1 saturated heterocycles. The van der Waals surface area contributed by atoms with Crippen LogP contribution in [0.5, 0.6) is 0 Å². The average molecular weight is 321 g/mol. The molecule has 0 amide bonds. The van der Waals surface area contributed by atoms with Gasteiger partial charge in [-0.3, -0.25) is 4.90 Å². The summed E-state index contributed by atoms with van der Waals surface area (Å²) in [5.74, 6) is -1.48. The summed E-state index contributed by atoms with van der Waals surface area (Å²) in [5.41, 5.74) is 1.85. The number of piperidine rings is 1. The molecule has 3 nitrogen and oxygen atoms in total. The minimum Gasteiger partial charge on any atom is -0.461 e. The summed E-state index contributed by atoms with van der Waals surface area (Å²) in [4.78, 5) is 13.8. The van der Waals surface area contributed by atoms with Crippen LogP contribution >= 0.6 is 0 Å². The number of hydrogen-bond acceptors (Lipinski definition) is 3. The molecule has 0 N–H and O–H groups in total. The lowest BCUT2D eigenvalue weighted by Crippen LogP contribution is -2.36. The number of carbonyl (C=O) groups excluding carboxylic acids is 1. The van der Waals surface area contributed by atoms with Crippen LogP contribution in [0.3, 0.4) is 0 Å². The van der Waals surface area contributed by atoms with E-state index in [-0.39, 0.29) is 12.5 Å². The van der Waals surface area contributed by atoms with Crippen LogP contribution in [0.25, 0.3) is 0 Å². The van der Waals surface area contributed by atoms with Gasteiger partial charge in [-0.15, -0.1) is 0 Å². The van der Waals surface area contributed by atoms with Crippen LogP contribution in [0.15, 0.2) is 41.7 Å². The van der Waals surface area contributed by atoms with Gasteiger partial charge in [-0.05, 0) is 30.4 Å². The molecule has 23 heavy (non-hydrogen) atoms. The number of likely N-dealkylation sites (tertiary alicyclic amines) is 1. The predicted molar refractivity (Wildman–Crippen MR) is 91.6 cm³/mol. The maximum atomic E-state index is 14.1. The Morgan fingerprint density at radius 2 is 1.96 bits per heavy atom. The lowest BCUT2D eigenvalue weighted by Gasteiger charge is -2.33. The second kappa shape index (κ2) is 10.2. The van der Waals surface area contributed by atoms with Crippen molar-refractivity contribution in [1.82, 2.24) is 4.90 Å². The first-order chi connectivity index (χ1) is 11.1. The number of nitrogens with zero attached hydrogens (tertiary/aromatic N) is 1. The van der Waals surface area contributed by atoms with Crippen molar-refractivity contribution in [2.45, 2.75) is 40.7 Å². The standard InChI is InChI=1S/C17H22FNO2.C2H6/c1-3-21-17(20)16(18)15-9-10-19(11-13(15)2)12-14-7-5-4-6-8-14;1-2/h4-8,13H,3,9-12H2,1-2H3;1-2H3/b16-15+;. The van der Waals surface area contributed by atoms with E-state index >= 15 is 0 Å². The molecule has 1 atom stereocenters. The Balaban J connectivity index is 0.00000127. The second-order valence-corrected chi connectivity index (χ2v) is 5.43. The van der Waals surface area contributed by atoms with Crippen molar-refractivity contribution in [3.63, 3.8) is 0 Å². The summed E-state index contributed by atoms with van der Waals surface area (Å²) < 4.78 is 18.8. The number of halogens is 1. The highest BCUT2D eigenvalue weighted by molar-refractivity contribution is 5.87. The Morgan fingerprint density at radius 1 is 1.30 bits per heavy atom. The maximum Gasteiger partial charge on any atom is 0.367 e. The molecule has 0 radical (unpaired) electrons. The number of rotatable bonds is 4. The highest BCUT2D eigenvalue weighted by Gasteiger charge is 2.27. The molecule has 1 aliphatic heterocycles. The molecule has 1 heterocycles. The third-order valence-corrected chi connectivity index (χ3v) is 3.81.